The zero-order valence-electron chi connectivity index (χ0n) is 20.9. The standard InChI is InChI=1S/C26H36N2O4SSi/c1-26(2,3)34(4,5)31-17-21-19(23-7-6-16-33-23)9-10-20-22(27-32-24(20)21)11-8-18-12-14-28(15-13-18)25(29)30/h6-7,9-10,16,18H,8,11-15,17H2,1-5H3,(H,29,30). The Morgan fingerprint density at radius 3 is 2.62 bits per heavy atom. The number of hydrogen-bond acceptors (Lipinski definition) is 5. The highest BCUT2D eigenvalue weighted by molar-refractivity contribution is 7.13. The molecule has 4 rings (SSSR count). The number of thiophene rings is 1. The summed E-state index contributed by atoms with van der Waals surface area (Å²) in [5.74, 6) is 0.522. The lowest BCUT2D eigenvalue weighted by Gasteiger charge is -2.36. The van der Waals surface area contributed by atoms with Crippen LogP contribution >= 0.6 is 11.3 Å². The van der Waals surface area contributed by atoms with Crippen molar-refractivity contribution >= 4 is 36.7 Å². The number of rotatable bonds is 7. The molecule has 1 aliphatic rings. The SMILES string of the molecule is CC(C)(C)[Si](C)(C)OCc1c(-c2cccs2)ccc2c(CCC3CCN(C(=O)O)CC3)noc12. The molecule has 0 bridgehead atoms. The molecule has 8 heteroatoms. The fourth-order valence-electron chi connectivity index (χ4n) is 4.32. The fourth-order valence-corrected chi connectivity index (χ4v) is 6.04. The minimum Gasteiger partial charge on any atom is -0.465 e. The van der Waals surface area contributed by atoms with E-state index in [9.17, 15) is 9.90 Å². The third-order valence-electron chi connectivity index (χ3n) is 7.66. The maximum absolute atomic E-state index is 11.2. The average molecular weight is 501 g/mol. The number of benzene rings is 1. The van der Waals surface area contributed by atoms with Gasteiger partial charge in [-0.15, -0.1) is 11.3 Å². The van der Waals surface area contributed by atoms with Crippen LogP contribution in [-0.2, 0) is 17.5 Å². The second kappa shape index (κ2) is 9.83. The Hall–Kier alpha value is -2.16. The van der Waals surface area contributed by atoms with Crippen LogP contribution in [0.5, 0.6) is 0 Å². The first-order valence-electron chi connectivity index (χ1n) is 12.1. The van der Waals surface area contributed by atoms with Crippen LogP contribution in [0.2, 0.25) is 18.1 Å². The molecule has 1 aromatic carbocycles. The van der Waals surface area contributed by atoms with Crippen LogP contribution in [0, 0.1) is 5.92 Å². The van der Waals surface area contributed by atoms with Gasteiger partial charge in [-0.1, -0.05) is 38.1 Å². The van der Waals surface area contributed by atoms with E-state index in [1.54, 1.807) is 11.3 Å². The van der Waals surface area contributed by atoms with Crippen molar-refractivity contribution in [1.29, 1.82) is 0 Å². The van der Waals surface area contributed by atoms with Gasteiger partial charge in [0.2, 0.25) is 0 Å². The van der Waals surface area contributed by atoms with Gasteiger partial charge in [0.1, 0.15) is 0 Å². The smallest absolute Gasteiger partial charge is 0.407 e. The molecule has 3 heterocycles. The molecular formula is C26H36N2O4SSi. The number of hydrogen-bond donors (Lipinski definition) is 1. The van der Waals surface area contributed by atoms with Crippen LogP contribution < -0.4 is 0 Å². The summed E-state index contributed by atoms with van der Waals surface area (Å²) >= 11 is 1.72. The monoisotopic (exact) mass is 500 g/mol. The minimum atomic E-state index is -1.93. The Labute approximate surface area is 207 Å². The number of nitrogens with zero attached hydrogens (tertiary/aromatic N) is 2. The molecule has 2 aromatic heterocycles. The highest BCUT2D eigenvalue weighted by Crippen LogP contribution is 2.40. The van der Waals surface area contributed by atoms with Gasteiger partial charge >= 0.3 is 6.09 Å². The minimum absolute atomic E-state index is 0.132. The highest BCUT2D eigenvalue weighted by Gasteiger charge is 2.37. The molecule has 6 nitrogen and oxygen atoms in total. The van der Waals surface area contributed by atoms with Crippen molar-refractivity contribution in [2.45, 2.75) is 71.2 Å². The van der Waals surface area contributed by atoms with Crippen LogP contribution in [0.15, 0.2) is 34.2 Å². The number of carbonyl (C=O) groups is 1. The highest BCUT2D eigenvalue weighted by atomic mass is 32.1. The third kappa shape index (κ3) is 5.24. The molecule has 0 atom stereocenters. The van der Waals surface area contributed by atoms with Crippen molar-refractivity contribution in [2.75, 3.05) is 13.1 Å². The first kappa shape index (κ1) is 24.9. The molecule has 3 aromatic rings. The summed E-state index contributed by atoms with van der Waals surface area (Å²) in [6.07, 6.45) is 2.85. The molecule has 184 valence electrons. The second-order valence-electron chi connectivity index (χ2n) is 10.9. The van der Waals surface area contributed by atoms with Crippen molar-refractivity contribution in [3.8, 4) is 10.4 Å². The number of fused-ring (bicyclic) bond motifs is 1. The molecule has 0 spiro atoms. The van der Waals surface area contributed by atoms with Crippen molar-refractivity contribution in [3.63, 3.8) is 0 Å². The number of amides is 1. The lowest BCUT2D eigenvalue weighted by atomic mass is 9.91. The van der Waals surface area contributed by atoms with Crippen LogP contribution in [0.25, 0.3) is 21.4 Å². The van der Waals surface area contributed by atoms with Crippen molar-refractivity contribution < 1.29 is 18.9 Å². The first-order valence-corrected chi connectivity index (χ1v) is 15.9. The Morgan fingerprint density at radius 2 is 2.00 bits per heavy atom. The van der Waals surface area contributed by atoms with E-state index in [1.807, 2.05) is 0 Å². The maximum Gasteiger partial charge on any atom is 0.407 e. The van der Waals surface area contributed by atoms with Gasteiger partial charge in [0.15, 0.2) is 13.9 Å². The van der Waals surface area contributed by atoms with E-state index in [0.29, 0.717) is 25.6 Å². The van der Waals surface area contributed by atoms with Crippen LogP contribution in [0.1, 0.15) is 51.3 Å². The Morgan fingerprint density at radius 1 is 1.26 bits per heavy atom. The van der Waals surface area contributed by atoms with E-state index in [2.05, 4.69) is 68.7 Å². The summed E-state index contributed by atoms with van der Waals surface area (Å²) < 4.78 is 12.6. The molecule has 0 aliphatic carbocycles. The topological polar surface area (TPSA) is 75.8 Å². The van der Waals surface area contributed by atoms with E-state index in [4.69, 9.17) is 8.95 Å². The van der Waals surface area contributed by atoms with E-state index in [1.165, 1.54) is 9.78 Å². The predicted molar refractivity (Wildman–Crippen MR) is 140 cm³/mol. The van der Waals surface area contributed by atoms with E-state index in [-0.39, 0.29) is 5.04 Å². The van der Waals surface area contributed by atoms with Gasteiger partial charge in [-0.05, 0) is 67.2 Å². The van der Waals surface area contributed by atoms with Gasteiger partial charge in [0.05, 0.1) is 12.3 Å². The molecule has 1 fully saturated rings. The molecular weight excluding hydrogens is 464 g/mol. The zero-order valence-corrected chi connectivity index (χ0v) is 22.7. The summed E-state index contributed by atoms with van der Waals surface area (Å²) in [6, 6.07) is 8.54. The Kier molecular flexibility index (Phi) is 7.21. The first-order chi connectivity index (χ1) is 16.1. The zero-order chi connectivity index (χ0) is 24.5. The number of piperidine rings is 1. The Balaban J connectivity index is 1.56. The fraction of sp³-hybridized carbons (Fsp3) is 0.538. The van der Waals surface area contributed by atoms with Crippen molar-refractivity contribution in [2.24, 2.45) is 5.92 Å². The van der Waals surface area contributed by atoms with Crippen molar-refractivity contribution in [1.82, 2.24) is 10.1 Å². The predicted octanol–water partition coefficient (Wildman–Crippen LogP) is 7.40. The Bertz CT molecular complexity index is 1130. The lowest BCUT2D eigenvalue weighted by molar-refractivity contribution is 0.123. The molecule has 1 aliphatic heterocycles. The van der Waals surface area contributed by atoms with E-state index >= 15 is 0 Å². The number of aromatic nitrogens is 1. The summed E-state index contributed by atoms with van der Waals surface area (Å²) in [5.41, 5.74) is 4.06. The second-order valence-corrected chi connectivity index (χ2v) is 16.6. The lowest BCUT2D eigenvalue weighted by Crippen LogP contribution is -2.40. The number of carboxylic acid groups (broad SMARTS) is 1. The van der Waals surface area contributed by atoms with Crippen LogP contribution in [0.3, 0.4) is 0 Å². The molecule has 1 amide bonds. The molecule has 0 saturated carbocycles. The number of likely N-dealkylation sites (tertiary alicyclic amines) is 1. The summed E-state index contributed by atoms with van der Waals surface area (Å²) in [7, 11) is -1.93. The van der Waals surface area contributed by atoms with Gasteiger partial charge in [-0.25, -0.2) is 4.79 Å². The number of aryl methyl sites for hydroxylation is 1. The van der Waals surface area contributed by atoms with Gasteiger partial charge < -0.3 is 19.0 Å². The summed E-state index contributed by atoms with van der Waals surface area (Å²) in [6.45, 7) is 13.1. The third-order valence-corrected chi connectivity index (χ3v) is 13.0. The quantitative estimate of drug-likeness (QED) is 0.342. The molecule has 34 heavy (non-hydrogen) atoms. The van der Waals surface area contributed by atoms with Crippen molar-refractivity contribution in [3.05, 3.63) is 40.9 Å². The summed E-state index contributed by atoms with van der Waals surface area (Å²) in [5, 5.41) is 16.9. The average Bonchev–Trinajstić information content (AvgIpc) is 3.46. The van der Waals surface area contributed by atoms with Gasteiger partial charge in [-0.3, -0.25) is 0 Å². The summed E-state index contributed by atoms with van der Waals surface area (Å²) in [4.78, 5) is 13.9. The van der Waals surface area contributed by atoms with Crippen LogP contribution in [-0.4, -0.2) is 42.7 Å². The maximum atomic E-state index is 11.2. The van der Waals surface area contributed by atoms with Gasteiger partial charge in [0, 0.05) is 34.5 Å². The van der Waals surface area contributed by atoms with E-state index < -0.39 is 14.4 Å². The van der Waals surface area contributed by atoms with E-state index in [0.717, 1.165) is 53.5 Å². The normalized spacial score (nSPS) is 15.9. The molecule has 0 unspecified atom stereocenters. The van der Waals surface area contributed by atoms with Crippen LogP contribution in [0.4, 0.5) is 4.79 Å². The molecule has 1 N–H and O–H groups in total. The van der Waals surface area contributed by atoms with Gasteiger partial charge in [0.25, 0.3) is 0 Å². The molecule has 0 radical (unpaired) electrons. The largest absolute Gasteiger partial charge is 0.465 e. The van der Waals surface area contributed by atoms with Gasteiger partial charge in [-0.2, -0.15) is 0 Å². The molecule has 1 saturated heterocycles.